The number of ketones is 1. The first-order valence-electron chi connectivity index (χ1n) is 13.0. The number of carbonyl (C=O) groups excluding carboxylic acids is 1. The lowest BCUT2D eigenvalue weighted by atomic mass is 9.75. The third-order valence-corrected chi connectivity index (χ3v) is 7.73. The van der Waals surface area contributed by atoms with E-state index in [9.17, 15) is 9.90 Å². The lowest BCUT2D eigenvalue weighted by Gasteiger charge is -2.43. The number of hydrogen-bond acceptors (Lipinski definition) is 3. The quantitative estimate of drug-likeness (QED) is 0.212. The number of H-pyrrole nitrogens is 1. The maximum Gasteiger partial charge on any atom is 0.162 e. The first-order chi connectivity index (χ1) is 17.6. The molecule has 1 aromatic heterocycles. The molecule has 3 aromatic carbocycles. The highest BCUT2D eigenvalue weighted by atomic mass is 16.3. The Bertz CT molecular complexity index is 1600. The van der Waals surface area contributed by atoms with Gasteiger partial charge in [-0.3, -0.25) is 4.79 Å². The molecule has 5 rings (SSSR count). The number of aliphatic hydroxyl groups is 1. The maximum atomic E-state index is 12.3. The van der Waals surface area contributed by atoms with Gasteiger partial charge in [-0.05, 0) is 62.6 Å². The number of aryl methyl sites for hydroxylation is 2. The van der Waals surface area contributed by atoms with E-state index in [1.807, 2.05) is 51.2 Å². The Morgan fingerprint density at radius 1 is 1.03 bits per heavy atom. The topological polar surface area (TPSA) is 65.1 Å². The minimum absolute atomic E-state index is 0.106. The summed E-state index contributed by atoms with van der Waals surface area (Å²) in [6, 6.07) is 16.1. The summed E-state index contributed by atoms with van der Waals surface area (Å²) in [6.07, 6.45) is 1.92. The molecule has 4 nitrogen and oxygen atoms in total. The average molecular weight is 491 g/mol. The maximum absolute atomic E-state index is 12.3. The van der Waals surface area contributed by atoms with E-state index in [-0.39, 0.29) is 11.7 Å². The summed E-state index contributed by atoms with van der Waals surface area (Å²) in [6.45, 7) is 12.3. The molecule has 1 aliphatic rings. The largest absolute Gasteiger partial charge is 0.390 e. The molecule has 188 valence electrons. The van der Waals surface area contributed by atoms with Crippen molar-refractivity contribution in [3.63, 3.8) is 0 Å². The van der Waals surface area contributed by atoms with Gasteiger partial charge in [0.2, 0.25) is 0 Å². The second-order valence-corrected chi connectivity index (χ2v) is 10.8. The number of aliphatic hydroxyl groups excluding tert-OH is 1. The fourth-order valence-electron chi connectivity index (χ4n) is 5.62. The Labute approximate surface area is 219 Å². The summed E-state index contributed by atoms with van der Waals surface area (Å²) < 4.78 is 0. The van der Waals surface area contributed by atoms with Gasteiger partial charge in [0.25, 0.3) is 0 Å². The van der Waals surface area contributed by atoms with Crippen LogP contribution in [-0.4, -0.2) is 27.5 Å². The molecule has 0 bridgehead atoms. The summed E-state index contributed by atoms with van der Waals surface area (Å²) in [5, 5.41) is 16.0. The Balaban J connectivity index is 1.79. The first kappa shape index (κ1) is 24.9. The summed E-state index contributed by atoms with van der Waals surface area (Å²) in [5.74, 6) is 6.83. The molecule has 0 aliphatic carbocycles. The third kappa shape index (κ3) is 4.24. The second kappa shape index (κ2) is 9.25. The Kier molecular flexibility index (Phi) is 6.22. The van der Waals surface area contributed by atoms with Crippen LogP contribution < -0.4 is 5.32 Å². The van der Waals surface area contributed by atoms with E-state index >= 15 is 0 Å². The molecule has 0 saturated heterocycles. The minimum Gasteiger partial charge on any atom is -0.390 e. The number of fused-ring (bicyclic) bond motifs is 2. The number of aromatic nitrogens is 1. The number of nitrogens with one attached hydrogen (secondary N) is 2. The van der Waals surface area contributed by atoms with Gasteiger partial charge in [0.05, 0.1) is 17.2 Å². The van der Waals surface area contributed by atoms with Crippen LogP contribution in [0.1, 0.15) is 78.2 Å². The Hall–Kier alpha value is -3.81. The van der Waals surface area contributed by atoms with E-state index < -0.39 is 11.6 Å². The lowest BCUT2D eigenvalue weighted by Crippen LogP contribution is -2.50. The number of carbonyl (C=O) groups is 1. The van der Waals surface area contributed by atoms with Gasteiger partial charge in [-0.1, -0.05) is 56.0 Å². The van der Waals surface area contributed by atoms with Crippen LogP contribution in [0.3, 0.4) is 0 Å². The van der Waals surface area contributed by atoms with Gasteiger partial charge in [-0.25, -0.2) is 0 Å². The summed E-state index contributed by atoms with van der Waals surface area (Å²) >= 11 is 0. The fraction of sp³-hybridized carbons (Fsp3) is 0.303. The Morgan fingerprint density at radius 3 is 2.54 bits per heavy atom. The molecule has 2 heterocycles. The van der Waals surface area contributed by atoms with Gasteiger partial charge < -0.3 is 15.4 Å². The molecular weight excluding hydrogens is 456 g/mol. The van der Waals surface area contributed by atoms with Crippen LogP contribution in [0.5, 0.6) is 0 Å². The highest BCUT2D eigenvalue weighted by molar-refractivity contribution is 5.99. The smallest absolute Gasteiger partial charge is 0.162 e. The molecule has 4 heteroatoms. The van der Waals surface area contributed by atoms with E-state index in [1.54, 1.807) is 0 Å². The molecule has 37 heavy (non-hydrogen) atoms. The summed E-state index contributed by atoms with van der Waals surface area (Å²) in [5.41, 5.74) is 9.52. The third-order valence-electron chi connectivity index (χ3n) is 7.73. The highest BCUT2D eigenvalue weighted by Crippen LogP contribution is 2.46. The molecule has 0 saturated carbocycles. The fourth-order valence-corrected chi connectivity index (χ4v) is 5.62. The van der Waals surface area contributed by atoms with E-state index in [1.165, 1.54) is 10.9 Å². The van der Waals surface area contributed by atoms with Crippen LogP contribution in [0.2, 0.25) is 0 Å². The van der Waals surface area contributed by atoms with Gasteiger partial charge in [0.1, 0.15) is 0 Å². The Morgan fingerprint density at radius 2 is 1.78 bits per heavy atom. The van der Waals surface area contributed by atoms with Gasteiger partial charge in [-0.2, -0.15) is 0 Å². The average Bonchev–Trinajstić information content (AvgIpc) is 3.27. The highest BCUT2D eigenvalue weighted by Gasteiger charge is 2.40. The normalized spacial score (nSPS) is 18.0. The van der Waals surface area contributed by atoms with Crippen molar-refractivity contribution in [1.29, 1.82) is 0 Å². The molecule has 3 N–H and O–H groups in total. The zero-order chi connectivity index (χ0) is 26.5. The second-order valence-electron chi connectivity index (χ2n) is 10.8. The van der Waals surface area contributed by atoms with Gasteiger partial charge in [-0.15, -0.1) is 0 Å². The van der Waals surface area contributed by atoms with E-state index in [0.717, 1.165) is 44.6 Å². The van der Waals surface area contributed by atoms with Crippen molar-refractivity contribution in [2.45, 2.75) is 65.5 Å². The number of anilines is 1. The van der Waals surface area contributed by atoms with E-state index in [4.69, 9.17) is 0 Å². The molecule has 0 unspecified atom stereocenters. The number of benzene rings is 3. The van der Waals surface area contributed by atoms with E-state index in [2.05, 4.69) is 67.2 Å². The molecule has 0 radical (unpaired) electrons. The van der Waals surface area contributed by atoms with Crippen molar-refractivity contribution < 1.29 is 9.90 Å². The minimum atomic E-state index is -0.579. The summed E-state index contributed by atoms with van der Waals surface area (Å²) in [7, 11) is 0. The van der Waals surface area contributed by atoms with Gasteiger partial charge in [0.15, 0.2) is 5.78 Å². The zero-order valence-corrected chi connectivity index (χ0v) is 22.4. The monoisotopic (exact) mass is 490 g/mol. The number of Topliss-reactive ketones (excluding diaryl/α,β-unsaturated/α-hetero) is 1. The van der Waals surface area contributed by atoms with Gasteiger partial charge in [0, 0.05) is 57.4 Å². The molecule has 0 spiro atoms. The van der Waals surface area contributed by atoms with Crippen LogP contribution in [-0.2, 0) is 0 Å². The molecule has 2 atom stereocenters. The SMILES string of the molecule is CCC(=O)c1cccc(C#Cc2c(-c3cccc4c(C)c[nH]c34)cc(C)c3c2[C@H](C)[C@@H](O)C(C)(C)N3)c1. The number of rotatable bonds is 3. The predicted octanol–water partition coefficient (Wildman–Crippen LogP) is 7.11. The molecular formula is C33H34N2O2. The molecule has 4 aromatic rings. The van der Waals surface area contributed by atoms with Crippen molar-refractivity contribution in [3.8, 4) is 23.0 Å². The standard InChI is InChI=1S/C33H34N2O2/c1-7-28(36)23-11-8-10-22(17-23)14-15-25-27(26-13-9-12-24-20(3)18-34-31(24)26)16-19(2)30-29(25)21(4)32(37)33(5,6)35-30/h8-13,16-18,21,32,34-35,37H,7H2,1-6H3/t21-,32+/m0/s1. The zero-order valence-electron chi connectivity index (χ0n) is 22.4. The van der Waals surface area contributed by atoms with Crippen molar-refractivity contribution >= 4 is 22.4 Å². The van der Waals surface area contributed by atoms with Crippen LogP contribution in [0.4, 0.5) is 5.69 Å². The van der Waals surface area contributed by atoms with Crippen LogP contribution in [0.15, 0.2) is 54.7 Å². The molecule has 1 aliphatic heterocycles. The van der Waals surface area contributed by atoms with Gasteiger partial charge >= 0.3 is 0 Å². The number of aromatic amines is 1. The van der Waals surface area contributed by atoms with Crippen LogP contribution >= 0.6 is 0 Å². The number of para-hydroxylation sites is 1. The number of hydrogen-bond donors (Lipinski definition) is 3. The molecule has 0 amide bonds. The van der Waals surface area contributed by atoms with Crippen molar-refractivity contribution in [2.24, 2.45) is 0 Å². The van der Waals surface area contributed by atoms with Crippen molar-refractivity contribution in [3.05, 3.63) is 88.1 Å². The first-order valence-corrected chi connectivity index (χ1v) is 13.0. The lowest BCUT2D eigenvalue weighted by molar-refractivity contribution is 0.0868. The predicted molar refractivity (Wildman–Crippen MR) is 152 cm³/mol. The summed E-state index contributed by atoms with van der Waals surface area (Å²) in [4.78, 5) is 15.8. The van der Waals surface area contributed by atoms with Crippen molar-refractivity contribution in [2.75, 3.05) is 5.32 Å². The van der Waals surface area contributed by atoms with Crippen molar-refractivity contribution in [1.82, 2.24) is 4.98 Å². The van der Waals surface area contributed by atoms with E-state index in [0.29, 0.717) is 12.0 Å². The molecule has 0 fully saturated rings. The van der Waals surface area contributed by atoms with Crippen LogP contribution in [0.25, 0.3) is 22.0 Å². The van der Waals surface area contributed by atoms with Crippen LogP contribution in [0, 0.1) is 25.7 Å².